The Morgan fingerprint density at radius 3 is 2.48 bits per heavy atom. The van der Waals surface area contributed by atoms with Crippen molar-refractivity contribution in [2.24, 2.45) is 0 Å². The summed E-state index contributed by atoms with van der Waals surface area (Å²) in [6.07, 6.45) is 1.62. The number of aryl methyl sites for hydroxylation is 1. The van der Waals surface area contributed by atoms with Gasteiger partial charge in [0.25, 0.3) is 11.1 Å². The molecule has 29 heavy (non-hydrogen) atoms. The van der Waals surface area contributed by atoms with Crippen LogP contribution < -0.4 is 0 Å². The van der Waals surface area contributed by atoms with Crippen LogP contribution in [0, 0.1) is 6.92 Å². The van der Waals surface area contributed by atoms with E-state index < -0.39 is 0 Å². The Morgan fingerprint density at radius 2 is 1.76 bits per heavy atom. The zero-order chi connectivity index (χ0) is 20.4. The summed E-state index contributed by atoms with van der Waals surface area (Å²) in [6, 6.07) is 18.9. The molecule has 4 rings (SSSR count). The summed E-state index contributed by atoms with van der Waals surface area (Å²) in [5.41, 5.74) is 2.05. The van der Waals surface area contributed by atoms with E-state index in [-0.39, 0.29) is 17.7 Å². The van der Waals surface area contributed by atoms with Gasteiger partial charge in [-0.1, -0.05) is 53.2 Å². The lowest BCUT2D eigenvalue weighted by Gasteiger charge is -2.12. The number of benzene rings is 2. The van der Waals surface area contributed by atoms with Gasteiger partial charge in [-0.25, -0.2) is 0 Å². The first kappa shape index (κ1) is 19.9. The molecule has 146 valence electrons. The normalized spacial score (nSPS) is 15.5. The molecular formula is C22H16ClNO3S2. The lowest BCUT2D eigenvalue weighted by molar-refractivity contribution is -0.123. The summed E-state index contributed by atoms with van der Waals surface area (Å²) >= 11 is 8.29. The van der Waals surface area contributed by atoms with Crippen LogP contribution in [0.2, 0.25) is 5.02 Å². The van der Waals surface area contributed by atoms with E-state index in [0.717, 1.165) is 27.8 Å². The topological polar surface area (TPSA) is 50.5 Å². The van der Waals surface area contributed by atoms with E-state index in [1.54, 1.807) is 12.1 Å². The monoisotopic (exact) mass is 441 g/mol. The van der Waals surface area contributed by atoms with Gasteiger partial charge in [0, 0.05) is 16.0 Å². The molecule has 1 fully saturated rings. The molecule has 3 aromatic rings. The van der Waals surface area contributed by atoms with Crippen LogP contribution in [0.4, 0.5) is 4.79 Å². The lowest BCUT2D eigenvalue weighted by atomic mass is 10.1. The first-order valence-electron chi connectivity index (χ1n) is 8.82. The second-order valence-electron chi connectivity index (χ2n) is 6.47. The van der Waals surface area contributed by atoms with Crippen molar-refractivity contribution in [2.75, 3.05) is 0 Å². The molecule has 0 saturated carbocycles. The fraction of sp³-hybridized carbons (Fsp3) is 0.0909. The van der Waals surface area contributed by atoms with Crippen molar-refractivity contribution in [3.8, 4) is 0 Å². The van der Waals surface area contributed by atoms with Crippen molar-refractivity contribution in [1.82, 2.24) is 4.90 Å². The Labute approximate surface area is 181 Å². The molecule has 1 aromatic heterocycles. The Balaban J connectivity index is 1.46. The van der Waals surface area contributed by atoms with Gasteiger partial charge in [-0.05, 0) is 60.6 Å². The van der Waals surface area contributed by atoms with Crippen LogP contribution in [0.3, 0.4) is 0 Å². The van der Waals surface area contributed by atoms with E-state index in [1.807, 2.05) is 61.5 Å². The molecule has 1 saturated heterocycles. The lowest BCUT2D eigenvalue weighted by Crippen LogP contribution is -2.27. The van der Waals surface area contributed by atoms with Crippen molar-refractivity contribution in [1.29, 1.82) is 0 Å². The van der Waals surface area contributed by atoms with Crippen LogP contribution in [0.15, 0.2) is 80.0 Å². The van der Waals surface area contributed by atoms with Gasteiger partial charge in [-0.3, -0.25) is 14.5 Å². The standard InChI is InChI=1S/C22H16ClNO3S2/c1-14-2-4-15(5-3-14)13-24-21(25)19(29-22(24)26)12-17-8-11-20(27-17)28-18-9-6-16(23)7-10-18/h2-12H,13H2,1H3/b19-12+. The maximum atomic E-state index is 12.7. The number of hydrogen-bond acceptors (Lipinski definition) is 5. The molecule has 0 N–H and O–H groups in total. The van der Waals surface area contributed by atoms with Crippen molar-refractivity contribution in [2.45, 2.75) is 23.5 Å². The van der Waals surface area contributed by atoms with E-state index in [4.69, 9.17) is 16.0 Å². The summed E-state index contributed by atoms with van der Waals surface area (Å²) in [6.45, 7) is 2.26. The summed E-state index contributed by atoms with van der Waals surface area (Å²) in [4.78, 5) is 27.6. The molecule has 0 unspecified atom stereocenters. The van der Waals surface area contributed by atoms with Gasteiger partial charge in [-0.15, -0.1) is 0 Å². The second kappa shape index (κ2) is 8.53. The third kappa shape index (κ3) is 4.78. The molecule has 1 aliphatic heterocycles. The number of thioether (sulfide) groups is 1. The van der Waals surface area contributed by atoms with Gasteiger partial charge < -0.3 is 4.42 Å². The summed E-state index contributed by atoms with van der Waals surface area (Å²) < 4.78 is 5.79. The predicted octanol–water partition coefficient (Wildman–Crippen LogP) is 6.63. The third-order valence-corrected chi connectivity index (χ3v) is 6.33. The van der Waals surface area contributed by atoms with E-state index in [0.29, 0.717) is 20.8 Å². The number of amides is 2. The highest BCUT2D eigenvalue weighted by atomic mass is 35.5. The smallest absolute Gasteiger partial charge is 0.293 e. The Bertz CT molecular complexity index is 1090. The summed E-state index contributed by atoms with van der Waals surface area (Å²) in [5, 5.41) is 1.09. The molecule has 0 atom stereocenters. The highest BCUT2D eigenvalue weighted by Crippen LogP contribution is 2.35. The van der Waals surface area contributed by atoms with Gasteiger partial charge in [0.15, 0.2) is 5.09 Å². The van der Waals surface area contributed by atoms with Crippen LogP contribution in [-0.4, -0.2) is 16.0 Å². The fourth-order valence-electron chi connectivity index (χ4n) is 2.73. The third-order valence-electron chi connectivity index (χ3n) is 4.24. The number of carbonyl (C=O) groups excluding carboxylic acids is 2. The first-order valence-corrected chi connectivity index (χ1v) is 10.8. The molecule has 4 nitrogen and oxygen atoms in total. The minimum Gasteiger partial charge on any atom is -0.450 e. The maximum absolute atomic E-state index is 12.7. The van der Waals surface area contributed by atoms with Crippen molar-refractivity contribution >= 4 is 52.3 Å². The molecule has 2 heterocycles. The van der Waals surface area contributed by atoms with Crippen molar-refractivity contribution < 1.29 is 14.0 Å². The van der Waals surface area contributed by atoms with Crippen LogP contribution in [-0.2, 0) is 11.3 Å². The number of furan rings is 1. The Morgan fingerprint density at radius 1 is 1.03 bits per heavy atom. The van der Waals surface area contributed by atoms with Gasteiger partial charge in [0.1, 0.15) is 5.76 Å². The molecule has 1 aliphatic rings. The number of hydrogen-bond donors (Lipinski definition) is 0. The number of rotatable bonds is 5. The second-order valence-corrected chi connectivity index (χ2v) is 8.97. The van der Waals surface area contributed by atoms with Gasteiger partial charge in [0.05, 0.1) is 11.4 Å². The fourth-order valence-corrected chi connectivity index (χ4v) is 4.45. The van der Waals surface area contributed by atoms with Crippen LogP contribution in [0.25, 0.3) is 6.08 Å². The minimum absolute atomic E-state index is 0.262. The summed E-state index contributed by atoms with van der Waals surface area (Å²) in [7, 11) is 0. The molecule has 2 aromatic carbocycles. The van der Waals surface area contributed by atoms with Gasteiger partial charge in [0.2, 0.25) is 0 Å². The zero-order valence-corrected chi connectivity index (χ0v) is 17.8. The Hall–Kier alpha value is -2.41. The maximum Gasteiger partial charge on any atom is 0.293 e. The molecule has 0 spiro atoms. The van der Waals surface area contributed by atoms with Crippen LogP contribution >= 0.6 is 35.1 Å². The van der Waals surface area contributed by atoms with E-state index in [2.05, 4.69) is 0 Å². The molecule has 0 radical (unpaired) electrons. The van der Waals surface area contributed by atoms with Crippen molar-refractivity contribution in [3.05, 3.63) is 87.5 Å². The highest BCUT2D eigenvalue weighted by Gasteiger charge is 2.35. The van der Waals surface area contributed by atoms with Gasteiger partial charge >= 0.3 is 0 Å². The largest absolute Gasteiger partial charge is 0.450 e. The molecular weight excluding hydrogens is 426 g/mol. The molecule has 0 bridgehead atoms. The zero-order valence-electron chi connectivity index (χ0n) is 15.4. The average molecular weight is 442 g/mol. The highest BCUT2D eigenvalue weighted by molar-refractivity contribution is 8.18. The van der Waals surface area contributed by atoms with E-state index >= 15 is 0 Å². The molecule has 0 aliphatic carbocycles. The number of nitrogens with zero attached hydrogens (tertiary/aromatic N) is 1. The molecule has 2 amide bonds. The van der Waals surface area contributed by atoms with E-state index in [1.165, 1.54) is 16.7 Å². The number of carbonyl (C=O) groups is 2. The average Bonchev–Trinajstić information content (AvgIpc) is 3.25. The number of imide groups is 1. The summed E-state index contributed by atoms with van der Waals surface area (Å²) in [5.74, 6) is 0.228. The predicted molar refractivity (Wildman–Crippen MR) is 117 cm³/mol. The molecule has 7 heteroatoms. The van der Waals surface area contributed by atoms with E-state index in [9.17, 15) is 9.59 Å². The first-order chi connectivity index (χ1) is 14.0. The Kier molecular flexibility index (Phi) is 5.85. The van der Waals surface area contributed by atoms with Crippen molar-refractivity contribution in [3.63, 3.8) is 0 Å². The SMILES string of the molecule is Cc1ccc(CN2C(=O)S/C(=C/c3ccc(Sc4ccc(Cl)cc4)o3)C2=O)cc1. The quantitative estimate of drug-likeness (QED) is 0.416. The van der Waals surface area contributed by atoms with Crippen LogP contribution in [0.5, 0.6) is 0 Å². The number of halogens is 1. The van der Waals surface area contributed by atoms with Gasteiger partial charge in [-0.2, -0.15) is 0 Å². The minimum atomic E-state index is -0.302. The van der Waals surface area contributed by atoms with Crippen LogP contribution in [0.1, 0.15) is 16.9 Å².